The van der Waals surface area contributed by atoms with Crippen LogP contribution < -0.4 is 5.32 Å². The Kier molecular flexibility index (Phi) is 5.15. The van der Waals surface area contributed by atoms with E-state index < -0.39 is 0 Å². The summed E-state index contributed by atoms with van der Waals surface area (Å²) in [5.74, 6) is 1.10. The van der Waals surface area contributed by atoms with Crippen LogP contribution in [0, 0.1) is 11.3 Å². The van der Waals surface area contributed by atoms with Gasteiger partial charge in [0, 0.05) is 11.4 Å². The van der Waals surface area contributed by atoms with Crippen LogP contribution >= 0.6 is 11.8 Å². The van der Waals surface area contributed by atoms with Crippen molar-refractivity contribution in [3.05, 3.63) is 77.9 Å². The Balaban J connectivity index is 1.57. The quantitative estimate of drug-likeness (QED) is 0.744. The number of carbonyl (C=O) groups excluding carboxylic acids is 1. The third kappa shape index (κ3) is 3.95. The van der Waals surface area contributed by atoms with Gasteiger partial charge in [-0.2, -0.15) is 5.26 Å². The Hall–Kier alpha value is -2.77. The maximum atomic E-state index is 12.1. The summed E-state index contributed by atoms with van der Waals surface area (Å²) in [6, 6.07) is 23.5. The lowest BCUT2D eigenvalue weighted by Crippen LogP contribution is -2.14. The first-order valence-corrected chi connectivity index (χ1v) is 8.76. The van der Waals surface area contributed by atoms with Crippen LogP contribution in [0.25, 0.3) is 10.8 Å². The molecule has 1 amide bonds. The Labute approximate surface area is 145 Å². The van der Waals surface area contributed by atoms with Crippen molar-refractivity contribution in [3.8, 4) is 6.07 Å². The van der Waals surface area contributed by atoms with E-state index in [1.165, 1.54) is 16.3 Å². The number of fused-ring (bicyclic) bond motifs is 1. The van der Waals surface area contributed by atoms with E-state index in [1.807, 2.05) is 18.2 Å². The van der Waals surface area contributed by atoms with Crippen LogP contribution in [0.2, 0.25) is 0 Å². The summed E-state index contributed by atoms with van der Waals surface area (Å²) in [5.41, 5.74) is 2.43. The molecule has 0 fully saturated rings. The summed E-state index contributed by atoms with van der Waals surface area (Å²) in [6.07, 6.45) is 0. The molecule has 3 aromatic carbocycles. The van der Waals surface area contributed by atoms with Crippen molar-refractivity contribution in [1.82, 2.24) is 0 Å². The molecule has 3 nitrogen and oxygen atoms in total. The number of benzene rings is 3. The number of hydrogen-bond acceptors (Lipinski definition) is 3. The largest absolute Gasteiger partial charge is 0.325 e. The van der Waals surface area contributed by atoms with Crippen molar-refractivity contribution in [2.24, 2.45) is 0 Å². The Morgan fingerprint density at radius 1 is 1.04 bits per heavy atom. The number of anilines is 1. The highest BCUT2D eigenvalue weighted by Crippen LogP contribution is 2.22. The van der Waals surface area contributed by atoms with Gasteiger partial charge in [-0.15, -0.1) is 11.8 Å². The van der Waals surface area contributed by atoms with Gasteiger partial charge in [0.2, 0.25) is 5.91 Å². The molecular weight excluding hydrogens is 316 g/mol. The molecule has 0 spiro atoms. The van der Waals surface area contributed by atoms with Gasteiger partial charge in [0.05, 0.1) is 17.4 Å². The summed E-state index contributed by atoms with van der Waals surface area (Å²) in [4.78, 5) is 12.1. The molecule has 4 heteroatoms. The van der Waals surface area contributed by atoms with E-state index in [1.54, 1.807) is 36.0 Å². The molecule has 0 saturated carbocycles. The van der Waals surface area contributed by atoms with Gasteiger partial charge in [0.15, 0.2) is 0 Å². The topological polar surface area (TPSA) is 52.9 Å². The first-order chi connectivity index (χ1) is 11.8. The molecule has 0 unspecified atom stereocenters. The number of thioether (sulfide) groups is 1. The zero-order valence-corrected chi connectivity index (χ0v) is 13.8. The molecule has 3 aromatic rings. The van der Waals surface area contributed by atoms with E-state index in [4.69, 9.17) is 5.26 Å². The highest BCUT2D eigenvalue weighted by atomic mass is 32.2. The van der Waals surface area contributed by atoms with Crippen molar-refractivity contribution in [2.45, 2.75) is 5.75 Å². The molecule has 0 aliphatic heterocycles. The van der Waals surface area contributed by atoms with Gasteiger partial charge in [-0.25, -0.2) is 0 Å². The van der Waals surface area contributed by atoms with Gasteiger partial charge in [-0.3, -0.25) is 4.79 Å². The minimum absolute atomic E-state index is 0.0599. The van der Waals surface area contributed by atoms with Gasteiger partial charge in [0.25, 0.3) is 0 Å². The van der Waals surface area contributed by atoms with Crippen LogP contribution in [-0.4, -0.2) is 11.7 Å². The van der Waals surface area contributed by atoms with E-state index in [2.05, 4.69) is 35.7 Å². The van der Waals surface area contributed by atoms with Crippen LogP contribution in [0.5, 0.6) is 0 Å². The van der Waals surface area contributed by atoms with Crippen molar-refractivity contribution < 1.29 is 4.79 Å². The van der Waals surface area contributed by atoms with Gasteiger partial charge < -0.3 is 5.32 Å². The smallest absolute Gasteiger partial charge is 0.234 e. The predicted octanol–water partition coefficient (Wildman–Crippen LogP) is 4.58. The third-order valence-electron chi connectivity index (χ3n) is 3.65. The lowest BCUT2D eigenvalue weighted by atomic mass is 10.1. The molecule has 3 rings (SSSR count). The predicted molar refractivity (Wildman–Crippen MR) is 99.9 cm³/mol. The second-order valence-corrected chi connectivity index (χ2v) is 6.36. The molecule has 0 aliphatic carbocycles. The fourth-order valence-corrected chi connectivity index (χ4v) is 3.37. The fourth-order valence-electron chi connectivity index (χ4n) is 2.54. The lowest BCUT2D eigenvalue weighted by molar-refractivity contribution is -0.113. The van der Waals surface area contributed by atoms with Crippen LogP contribution in [0.15, 0.2) is 66.7 Å². The molecule has 1 N–H and O–H groups in total. The number of rotatable bonds is 5. The Morgan fingerprint density at radius 3 is 2.71 bits per heavy atom. The maximum absolute atomic E-state index is 12.1. The Bertz CT molecular complexity index is 909. The lowest BCUT2D eigenvalue weighted by Gasteiger charge is -2.07. The minimum atomic E-state index is -0.0599. The molecule has 0 atom stereocenters. The van der Waals surface area contributed by atoms with Gasteiger partial charge in [0.1, 0.15) is 0 Å². The highest BCUT2D eigenvalue weighted by Gasteiger charge is 2.05. The first-order valence-electron chi connectivity index (χ1n) is 7.60. The monoisotopic (exact) mass is 332 g/mol. The number of carbonyl (C=O) groups is 1. The molecule has 0 bridgehead atoms. The van der Waals surface area contributed by atoms with Crippen LogP contribution in [0.3, 0.4) is 0 Å². The average molecular weight is 332 g/mol. The normalized spacial score (nSPS) is 10.3. The number of nitriles is 1. The van der Waals surface area contributed by atoms with Crippen molar-refractivity contribution in [3.63, 3.8) is 0 Å². The van der Waals surface area contributed by atoms with E-state index in [0.29, 0.717) is 17.0 Å². The molecule has 0 aliphatic rings. The first kappa shape index (κ1) is 16.1. The minimum Gasteiger partial charge on any atom is -0.325 e. The highest BCUT2D eigenvalue weighted by molar-refractivity contribution is 7.99. The summed E-state index contributed by atoms with van der Waals surface area (Å²) < 4.78 is 0. The third-order valence-corrected chi connectivity index (χ3v) is 4.63. The van der Waals surface area contributed by atoms with Gasteiger partial charge in [-0.05, 0) is 34.5 Å². The average Bonchev–Trinajstić information content (AvgIpc) is 2.62. The summed E-state index contributed by atoms with van der Waals surface area (Å²) in [7, 11) is 0. The van der Waals surface area contributed by atoms with Crippen molar-refractivity contribution in [1.29, 1.82) is 5.26 Å². The molecule has 0 saturated heterocycles. The molecule has 0 heterocycles. The van der Waals surface area contributed by atoms with E-state index in [0.717, 1.165) is 5.75 Å². The molecule has 0 aromatic heterocycles. The number of amides is 1. The zero-order chi connectivity index (χ0) is 16.8. The van der Waals surface area contributed by atoms with Crippen LogP contribution in [-0.2, 0) is 10.5 Å². The molecule has 24 heavy (non-hydrogen) atoms. The summed E-state index contributed by atoms with van der Waals surface area (Å²) >= 11 is 1.58. The summed E-state index contributed by atoms with van der Waals surface area (Å²) in [5, 5.41) is 14.2. The van der Waals surface area contributed by atoms with Gasteiger partial charge in [-0.1, -0.05) is 48.5 Å². The second kappa shape index (κ2) is 7.67. The summed E-state index contributed by atoms with van der Waals surface area (Å²) in [6.45, 7) is 0. The number of nitrogens with zero attached hydrogens (tertiary/aromatic N) is 1. The standard InChI is InChI=1S/C20H16N2OS/c21-12-15-5-3-9-18(11-15)22-20(23)14-24-13-17-8-4-7-16-6-1-2-10-19(16)17/h1-11H,13-14H2,(H,22,23). The number of nitrogens with one attached hydrogen (secondary N) is 1. The SMILES string of the molecule is N#Cc1cccc(NC(=O)CSCc2cccc3ccccc23)c1. The molecule has 118 valence electrons. The van der Waals surface area contributed by atoms with E-state index >= 15 is 0 Å². The molecular formula is C20H16N2OS. The van der Waals surface area contributed by atoms with Gasteiger partial charge >= 0.3 is 0 Å². The van der Waals surface area contributed by atoms with Crippen molar-refractivity contribution in [2.75, 3.05) is 11.1 Å². The number of hydrogen-bond donors (Lipinski definition) is 1. The Morgan fingerprint density at radius 2 is 1.83 bits per heavy atom. The van der Waals surface area contributed by atoms with Crippen LogP contribution in [0.4, 0.5) is 5.69 Å². The van der Waals surface area contributed by atoms with E-state index in [9.17, 15) is 4.79 Å². The zero-order valence-electron chi connectivity index (χ0n) is 13.0. The van der Waals surface area contributed by atoms with E-state index in [-0.39, 0.29) is 5.91 Å². The van der Waals surface area contributed by atoms with Crippen LogP contribution in [0.1, 0.15) is 11.1 Å². The molecule has 0 radical (unpaired) electrons. The maximum Gasteiger partial charge on any atom is 0.234 e. The second-order valence-electron chi connectivity index (χ2n) is 5.37. The fraction of sp³-hybridized carbons (Fsp3) is 0.100. The van der Waals surface area contributed by atoms with Crippen molar-refractivity contribution >= 4 is 34.1 Å².